The highest BCUT2D eigenvalue weighted by atomic mass is 79.9. The minimum atomic E-state index is -0.563. The normalized spacial score (nSPS) is 20.7. The van der Waals surface area contributed by atoms with Crippen LogP contribution in [0.3, 0.4) is 0 Å². The number of hydrogen-bond donors (Lipinski definition) is 2. The first-order valence-electron chi connectivity index (χ1n) is 9.21. The van der Waals surface area contributed by atoms with Crippen molar-refractivity contribution < 1.29 is 19.4 Å². The van der Waals surface area contributed by atoms with Gasteiger partial charge in [-0.1, -0.05) is 30.3 Å². The Labute approximate surface area is 176 Å². The SMILES string of the molecule is COc1ccc(C2NC(=O)N=C3c4ccccc4CN(C(=O)CO)CC32)cc1Br. The topological polar surface area (TPSA) is 91.2 Å². The van der Waals surface area contributed by atoms with Gasteiger partial charge in [0.25, 0.3) is 0 Å². The molecule has 29 heavy (non-hydrogen) atoms. The van der Waals surface area contributed by atoms with E-state index in [-0.39, 0.29) is 17.9 Å². The molecule has 150 valence electrons. The van der Waals surface area contributed by atoms with Gasteiger partial charge in [-0.15, -0.1) is 0 Å². The first kappa shape index (κ1) is 19.6. The molecule has 2 aliphatic rings. The number of fused-ring (bicyclic) bond motifs is 3. The lowest BCUT2D eigenvalue weighted by molar-refractivity contribution is -0.135. The van der Waals surface area contributed by atoms with E-state index in [4.69, 9.17) is 4.74 Å². The average Bonchev–Trinajstić information content (AvgIpc) is 2.89. The van der Waals surface area contributed by atoms with Crippen LogP contribution in [0.2, 0.25) is 0 Å². The fourth-order valence-electron chi connectivity index (χ4n) is 3.97. The number of aliphatic imine (C=N–C) groups is 1. The number of methoxy groups -OCH3 is 1. The second-order valence-electron chi connectivity index (χ2n) is 7.01. The maximum Gasteiger partial charge on any atom is 0.341 e. The van der Waals surface area contributed by atoms with Crippen LogP contribution in [0.25, 0.3) is 0 Å². The zero-order valence-corrected chi connectivity index (χ0v) is 17.3. The van der Waals surface area contributed by atoms with Gasteiger partial charge in [0.2, 0.25) is 5.91 Å². The van der Waals surface area contributed by atoms with Gasteiger partial charge >= 0.3 is 6.03 Å². The monoisotopic (exact) mass is 457 g/mol. The molecule has 0 saturated heterocycles. The highest BCUT2D eigenvalue weighted by molar-refractivity contribution is 9.10. The predicted molar refractivity (Wildman–Crippen MR) is 111 cm³/mol. The van der Waals surface area contributed by atoms with E-state index in [0.717, 1.165) is 21.2 Å². The lowest BCUT2D eigenvalue weighted by atomic mass is 9.84. The van der Waals surface area contributed by atoms with E-state index in [9.17, 15) is 14.7 Å². The molecule has 8 heteroatoms. The van der Waals surface area contributed by atoms with Crippen molar-refractivity contribution in [3.05, 3.63) is 63.6 Å². The molecule has 0 spiro atoms. The maximum absolute atomic E-state index is 12.4. The third kappa shape index (κ3) is 3.65. The van der Waals surface area contributed by atoms with Crippen molar-refractivity contribution in [1.29, 1.82) is 0 Å². The minimum absolute atomic E-state index is 0.257. The van der Waals surface area contributed by atoms with Gasteiger partial charge in [0.05, 0.1) is 23.3 Å². The van der Waals surface area contributed by atoms with E-state index in [1.54, 1.807) is 12.0 Å². The summed E-state index contributed by atoms with van der Waals surface area (Å²) < 4.78 is 6.08. The fraction of sp³-hybridized carbons (Fsp3) is 0.286. The smallest absolute Gasteiger partial charge is 0.341 e. The van der Waals surface area contributed by atoms with Crippen molar-refractivity contribution in [3.8, 4) is 5.75 Å². The Bertz CT molecular complexity index is 1010. The maximum atomic E-state index is 12.4. The fourth-order valence-corrected chi connectivity index (χ4v) is 4.52. The number of nitrogens with zero attached hydrogens (tertiary/aromatic N) is 2. The molecule has 0 saturated carbocycles. The number of carbonyl (C=O) groups excluding carboxylic acids is 2. The van der Waals surface area contributed by atoms with Crippen molar-refractivity contribution >= 4 is 33.6 Å². The molecule has 0 radical (unpaired) electrons. The van der Waals surface area contributed by atoms with Gasteiger partial charge in [0, 0.05) is 24.6 Å². The zero-order valence-electron chi connectivity index (χ0n) is 15.8. The summed E-state index contributed by atoms with van der Waals surface area (Å²) >= 11 is 3.50. The minimum Gasteiger partial charge on any atom is -0.496 e. The first-order valence-corrected chi connectivity index (χ1v) is 10.0. The highest BCUT2D eigenvalue weighted by Gasteiger charge is 2.39. The van der Waals surface area contributed by atoms with Crippen LogP contribution in [0.5, 0.6) is 5.75 Å². The van der Waals surface area contributed by atoms with Gasteiger partial charge < -0.3 is 20.1 Å². The number of hydrogen-bond acceptors (Lipinski definition) is 4. The largest absolute Gasteiger partial charge is 0.496 e. The number of nitrogens with one attached hydrogen (secondary N) is 1. The quantitative estimate of drug-likeness (QED) is 0.740. The number of aliphatic hydroxyl groups excluding tert-OH is 1. The van der Waals surface area contributed by atoms with Crippen molar-refractivity contribution in [2.24, 2.45) is 10.9 Å². The predicted octanol–water partition coefficient (Wildman–Crippen LogP) is 2.66. The molecule has 2 unspecified atom stereocenters. The molecule has 0 aliphatic carbocycles. The standard InChI is InChI=1S/C21H20BrN3O4/c1-29-17-7-6-12(8-16(17)22)19-15-10-25(18(27)11-26)9-13-4-2-3-5-14(13)20(15)24-21(28)23-19/h2-8,15,19,26H,9-11H2,1H3,(H,23,28). The molecule has 2 aliphatic heterocycles. The second kappa shape index (κ2) is 7.96. The Morgan fingerprint density at radius 1 is 1.34 bits per heavy atom. The van der Waals surface area contributed by atoms with Crippen LogP contribution >= 0.6 is 15.9 Å². The Morgan fingerprint density at radius 3 is 2.86 bits per heavy atom. The van der Waals surface area contributed by atoms with Gasteiger partial charge in [-0.25, -0.2) is 4.79 Å². The average molecular weight is 458 g/mol. The Morgan fingerprint density at radius 2 is 2.14 bits per heavy atom. The van der Waals surface area contributed by atoms with Crippen LogP contribution in [0, 0.1) is 5.92 Å². The molecule has 2 N–H and O–H groups in total. The van der Waals surface area contributed by atoms with Crippen LogP contribution in [0.4, 0.5) is 4.79 Å². The summed E-state index contributed by atoms with van der Waals surface area (Å²) in [7, 11) is 1.59. The molecule has 3 amide bonds. The van der Waals surface area contributed by atoms with Gasteiger partial charge in [-0.05, 0) is 39.2 Å². The zero-order chi connectivity index (χ0) is 20.5. The summed E-state index contributed by atoms with van der Waals surface area (Å²) in [4.78, 5) is 30.7. The molecule has 7 nitrogen and oxygen atoms in total. The lowest BCUT2D eigenvalue weighted by Gasteiger charge is -2.34. The van der Waals surface area contributed by atoms with Crippen molar-refractivity contribution in [3.63, 3.8) is 0 Å². The van der Waals surface area contributed by atoms with E-state index in [1.165, 1.54) is 0 Å². The van der Waals surface area contributed by atoms with E-state index in [0.29, 0.717) is 24.6 Å². The molecular weight excluding hydrogens is 438 g/mol. The number of urea groups is 1. The molecule has 2 aromatic carbocycles. The van der Waals surface area contributed by atoms with Crippen LogP contribution < -0.4 is 10.1 Å². The van der Waals surface area contributed by atoms with Crippen molar-refractivity contribution in [2.75, 3.05) is 20.3 Å². The molecule has 2 heterocycles. The molecule has 0 fully saturated rings. The molecule has 0 bridgehead atoms. The molecule has 0 aromatic heterocycles. The molecule has 4 rings (SSSR count). The number of benzene rings is 2. The van der Waals surface area contributed by atoms with Crippen LogP contribution in [0.15, 0.2) is 51.9 Å². The second-order valence-corrected chi connectivity index (χ2v) is 7.87. The third-order valence-corrected chi connectivity index (χ3v) is 5.97. The molecule has 2 atom stereocenters. The molecule has 2 aromatic rings. The summed E-state index contributed by atoms with van der Waals surface area (Å²) in [6.45, 7) is 0.131. The van der Waals surface area contributed by atoms with Gasteiger partial charge in [0.15, 0.2) is 0 Å². The van der Waals surface area contributed by atoms with Crippen molar-refractivity contribution in [1.82, 2.24) is 10.2 Å². The van der Waals surface area contributed by atoms with Gasteiger partial charge in [0.1, 0.15) is 12.4 Å². The number of ether oxygens (including phenoxy) is 1. The van der Waals surface area contributed by atoms with E-state index >= 15 is 0 Å². The van der Waals surface area contributed by atoms with Crippen LogP contribution in [-0.4, -0.2) is 47.9 Å². The van der Waals surface area contributed by atoms with Gasteiger partial charge in [-0.2, -0.15) is 4.99 Å². The van der Waals surface area contributed by atoms with E-state index in [1.807, 2.05) is 42.5 Å². The van der Waals surface area contributed by atoms with E-state index < -0.39 is 12.6 Å². The number of rotatable bonds is 3. The van der Waals surface area contributed by atoms with Crippen LogP contribution in [0.1, 0.15) is 22.7 Å². The summed E-state index contributed by atoms with van der Waals surface area (Å²) in [5.41, 5.74) is 3.30. The Balaban J connectivity index is 1.83. The number of aliphatic hydroxyl groups is 1. The first-order chi connectivity index (χ1) is 14.0. The number of amides is 3. The summed E-state index contributed by atoms with van der Waals surface area (Å²) in [6, 6.07) is 12.5. The summed E-state index contributed by atoms with van der Waals surface area (Å²) in [5, 5.41) is 12.4. The summed E-state index contributed by atoms with van der Waals surface area (Å²) in [5.74, 6) is 0.0767. The third-order valence-electron chi connectivity index (χ3n) is 5.35. The number of halogens is 1. The van der Waals surface area contributed by atoms with Crippen LogP contribution in [-0.2, 0) is 11.3 Å². The summed E-state index contributed by atoms with van der Waals surface area (Å²) in [6.07, 6.45) is 0. The Hall–Kier alpha value is -2.71. The molecular formula is C21H20BrN3O4. The number of carbonyl (C=O) groups is 2. The van der Waals surface area contributed by atoms with E-state index in [2.05, 4.69) is 26.2 Å². The van der Waals surface area contributed by atoms with Crippen molar-refractivity contribution in [2.45, 2.75) is 12.6 Å². The Kier molecular flexibility index (Phi) is 5.38. The highest BCUT2D eigenvalue weighted by Crippen LogP contribution is 2.36. The lowest BCUT2D eigenvalue weighted by Crippen LogP contribution is -2.46. The van der Waals surface area contributed by atoms with Gasteiger partial charge in [-0.3, -0.25) is 4.79 Å².